The maximum atomic E-state index is 4.66. The Morgan fingerprint density at radius 1 is 1.25 bits per heavy atom. The minimum atomic E-state index is 0.753. The SMILES string of the molecule is CCCNc1nc(-c2ccncc2C)nc(CC)c1Br. The van der Waals surface area contributed by atoms with Gasteiger partial charge in [0.15, 0.2) is 5.82 Å². The van der Waals surface area contributed by atoms with E-state index in [1.165, 1.54) is 0 Å². The first kappa shape index (κ1) is 14.9. The van der Waals surface area contributed by atoms with Crippen LogP contribution in [0.25, 0.3) is 11.4 Å². The maximum absolute atomic E-state index is 4.66. The van der Waals surface area contributed by atoms with Crippen molar-refractivity contribution in [2.75, 3.05) is 11.9 Å². The van der Waals surface area contributed by atoms with Crippen molar-refractivity contribution in [3.63, 3.8) is 0 Å². The van der Waals surface area contributed by atoms with Crippen LogP contribution in [0.2, 0.25) is 0 Å². The zero-order valence-corrected chi connectivity index (χ0v) is 13.7. The Morgan fingerprint density at radius 3 is 2.70 bits per heavy atom. The van der Waals surface area contributed by atoms with Crippen molar-refractivity contribution in [1.29, 1.82) is 0 Å². The summed E-state index contributed by atoms with van der Waals surface area (Å²) in [6, 6.07) is 1.96. The minimum Gasteiger partial charge on any atom is -0.369 e. The van der Waals surface area contributed by atoms with Crippen LogP contribution in [0.3, 0.4) is 0 Å². The summed E-state index contributed by atoms with van der Waals surface area (Å²) in [4.78, 5) is 13.4. The Balaban J connectivity index is 2.51. The first-order valence-electron chi connectivity index (χ1n) is 6.88. The van der Waals surface area contributed by atoms with Crippen LogP contribution in [0.1, 0.15) is 31.5 Å². The number of pyridine rings is 1. The van der Waals surface area contributed by atoms with E-state index in [9.17, 15) is 0 Å². The Bertz CT molecular complexity index is 598. The molecule has 2 heterocycles. The fourth-order valence-electron chi connectivity index (χ4n) is 1.93. The van der Waals surface area contributed by atoms with Crippen molar-refractivity contribution < 1.29 is 0 Å². The summed E-state index contributed by atoms with van der Waals surface area (Å²) in [6.07, 6.45) is 5.53. The molecule has 2 aromatic heterocycles. The summed E-state index contributed by atoms with van der Waals surface area (Å²) in [5.41, 5.74) is 3.13. The molecule has 0 aliphatic rings. The summed E-state index contributed by atoms with van der Waals surface area (Å²) < 4.78 is 0.962. The van der Waals surface area contributed by atoms with Crippen LogP contribution in [0.5, 0.6) is 0 Å². The third-order valence-electron chi connectivity index (χ3n) is 3.06. The van der Waals surface area contributed by atoms with E-state index >= 15 is 0 Å². The summed E-state index contributed by atoms with van der Waals surface area (Å²) in [5, 5.41) is 3.35. The Morgan fingerprint density at radius 2 is 2.05 bits per heavy atom. The van der Waals surface area contributed by atoms with Crippen LogP contribution >= 0.6 is 15.9 Å². The average Bonchev–Trinajstić information content (AvgIpc) is 2.47. The van der Waals surface area contributed by atoms with Gasteiger partial charge in [0.2, 0.25) is 0 Å². The number of anilines is 1. The Labute approximate surface area is 128 Å². The van der Waals surface area contributed by atoms with Crippen molar-refractivity contribution in [3.8, 4) is 11.4 Å². The highest BCUT2D eigenvalue weighted by Gasteiger charge is 2.13. The van der Waals surface area contributed by atoms with E-state index in [4.69, 9.17) is 0 Å². The molecule has 20 heavy (non-hydrogen) atoms. The van der Waals surface area contributed by atoms with Crippen molar-refractivity contribution in [1.82, 2.24) is 15.0 Å². The molecule has 0 aromatic carbocycles. The third-order valence-corrected chi connectivity index (χ3v) is 3.89. The van der Waals surface area contributed by atoms with E-state index in [0.29, 0.717) is 0 Å². The van der Waals surface area contributed by atoms with Crippen LogP contribution in [0, 0.1) is 6.92 Å². The van der Waals surface area contributed by atoms with E-state index in [1.807, 2.05) is 19.2 Å². The molecule has 0 aliphatic carbocycles. The summed E-state index contributed by atoms with van der Waals surface area (Å²) in [5.74, 6) is 1.62. The van der Waals surface area contributed by atoms with E-state index in [-0.39, 0.29) is 0 Å². The molecule has 5 heteroatoms. The first-order valence-corrected chi connectivity index (χ1v) is 7.67. The second-order valence-electron chi connectivity index (χ2n) is 4.63. The second kappa shape index (κ2) is 6.79. The molecule has 0 fully saturated rings. The van der Waals surface area contributed by atoms with Gasteiger partial charge in [-0.25, -0.2) is 9.97 Å². The largest absolute Gasteiger partial charge is 0.369 e. The van der Waals surface area contributed by atoms with E-state index < -0.39 is 0 Å². The Hall–Kier alpha value is -1.49. The summed E-state index contributed by atoms with van der Waals surface area (Å²) >= 11 is 3.60. The number of halogens is 1. The van der Waals surface area contributed by atoms with Gasteiger partial charge in [0.05, 0.1) is 10.2 Å². The molecule has 0 unspecified atom stereocenters. The molecule has 0 saturated heterocycles. The Kier molecular flexibility index (Phi) is 5.06. The summed E-state index contributed by atoms with van der Waals surface area (Å²) in [7, 11) is 0. The predicted octanol–water partition coefficient (Wildman–Crippen LogP) is 3.99. The van der Waals surface area contributed by atoms with Crippen LogP contribution in [0.15, 0.2) is 22.9 Å². The number of aromatic nitrogens is 3. The molecule has 0 aliphatic heterocycles. The quantitative estimate of drug-likeness (QED) is 0.897. The fraction of sp³-hybridized carbons (Fsp3) is 0.400. The number of nitrogens with one attached hydrogen (secondary N) is 1. The van der Waals surface area contributed by atoms with E-state index in [1.54, 1.807) is 6.20 Å². The van der Waals surface area contributed by atoms with Gasteiger partial charge in [-0.15, -0.1) is 0 Å². The van der Waals surface area contributed by atoms with Gasteiger partial charge in [-0.3, -0.25) is 4.98 Å². The smallest absolute Gasteiger partial charge is 0.162 e. The molecule has 4 nitrogen and oxygen atoms in total. The van der Waals surface area contributed by atoms with Crippen LogP contribution in [0.4, 0.5) is 5.82 Å². The van der Waals surface area contributed by atoms with E-state index in [2.05, 4.69) is 50.0 Å². The third kappa shape index (κ3) is 3.15. The standard InChI is InChI=1S/C15H19BrN4/c1-4-7-18-15-13(16)12(5-2)19-14(20-15)11-6-8-17-9-10(11)3/h6,8-9H,4-5,7H2,1-3H3,(H,18,19,20). The topological polar surface area (TPSA) is 50.7 Å². The molecule has 1 N–H and O–H groups in total. The molecule has 0 bridgehead atoms. The lowest BCUT2D eigenvalue weighted by Gasteiger charge is -2.12. The molecular formula is C15H19BrN4. The number of nitrogens with zero attached hydrogens (tertiary/aromatic N) is 3. The lowest BCUT2D eigenvalue weighted by molar-refractivity contribution is 0.943. The molecule has 0 saturated carbocycles. The number of hydrogen-bond acceptors (Lipinski definition) is 4. The monoisotopic (exact) mass is 334 g/mol. The van der Waals surface area contributed by atoms with Crippen LogP contribution < -0.4 is 5.32 Å². The zero-order valence-electron chi connectivity index (χ0n) is 12.1. The molecule has 0 atom stereocenters. The minimum absolute atomic E-state index is 0.753. The van der Waals surface area contributed by atoms with E-state index in [0.717, 1.165) is 52.3 Å². The van der Waals surface area contributed by atoms with Crippen molar-refractivity contribution >= 4 is 21.7 Å². The normalized spacial score (nSPS) is 10.6. The van der Waals surface area contributed by atoms with Crippen molar-refractivity contribution in [2.45, 2.75) is 33.6 Å². The predicted molar refractivity (Wildman–Crippen MR) is 85.9 cm³/mol. The molecule has 0 amide bonds. The molecular weight excluding hydrogens is 316 g/mol. The van der Waals surface area contributed by atoms with Gasteiger partial charge < -0.3 is 5.32 Å². The van der Waals surface area contributed by atoms with Crippen molar-refractivity contribution in [3.05, 3.63) is 34.2 Å². The molecule has 0 radical (unpaired) electrons. The highest BCUT2D eigenvalue weighted by molar-refractivity contribution is 9.10. The van der Waals surface area contributed by atoms with Gasteiger partial charge in [0.25, 0.3) is 0 Å². The van der Waals surface area contributed by atoms with Crippen molar-refractivity contribution in [2.24, 2.45) is 0 Å². The molecule has 106 valence electrons. The highest BCUT2D eigenvalue weighted by atomic mass is 79.9. The molecule has 2 aromatic rings. The van der Waals surface area contributed by atoms with Gasteiger partial charge >= 0.3 is 0 Å². The van der Waals surface area contributed by atoms with Gasteiger partial charge in [0, 0.05) is 24.5 Å². The summed E-state index contributed by atoms with van der Waals surface area (Å²) in [6.45, 7) is 7.16. The molecule has 0 spiro atoms. The van der Waals surface area contributed by atoms with Gasteiger partial charge in [0.1, 0.15) is 5.82 Å². The van der Waals surface area contributed by atoms with Crippen LogP contribution in [-0.2, 0) is 6.42 Å². The zero-order chi connectivity index (χ0) is 14.5. The van der Waals surface area contributed by atoms with Gasteiger partial charge in [-0.2, -0.15) is 0 Å². The lowest BCUT2D eigenvalue weighted by atomic mass is 10.1. The van der Waals surface area contributed by atoms with Crippen LogP contribution in [-0.4, -0.2) is 21.5 Å². The first-order chi connectivity index (χ1) is 9.67. The van der Waals surface area contributed by atoms with Gasteiger partial charge in [-0.05, 0) is 47.3 Å². The average molecular weight is 335 g/mol. The van der Waals surface area contributed by atoms with Gasteiger partial charge in [-0.1, -0.05) is 13.8 Å². The fourth-order valence-corrected chi connectivity index (χ4v) is 2.53. The number of aryl methyl sites for hydroxylation is 2. The highest BCUT2D eigenvalue weighted by Crippen LogP contribution is 2.28. The molecule has 2 rings (SSSR count). The lowest BCUT2D eigenvalue weighted by Crippen LogP contribution is -2.07. The number of rotatable bonds is 5. The number of hydrogen-bond donors (Lipinski definition) is 1. The maximum Gasteiger partial charge on any atom is 0.162 e. The second-order valence-corrected chi connectivity index (χ2v) is 5.42.